The van der Waals surface area contributed by atoms with Crippen LogP contribution in [0, 0.1) is 0 Å². The van der Waals surface area contributed by atoms with Gasteiger partial charge in [0.2, 0.25) is 0 Å². The van der Waals surface area contributed by atoms with E-state index >= 15 is 0 Å². The van der Waals surface area contributed by atoms with E-state index in [1.807, 2.05) is 38.1 Å². The van der Waals surface area contributed by atoms with E-state index in [4.69, 9.17) is 0 Å². The third-order valence-electron chi connectivity index (χ3n) is 4.33. The summed E-state index contributed by atoms with van der Waals surface area (Å²) in [4.78, 5) is 27.2. The standard InChI is InChI=1S/C16H22N2O3/c1-4-11(2)17(3)16(21)18-10-13-8-6-5-7-12(13)9-14(18)15(19)20/h5-8,11,14H,4,9-10H2,1-3H3,(H,19,20). The van der Waals surface area contributed by atoms with E-state index in [1.165, 1.54) is 4.90 Å². The Labute approximate surface area is 125 Å². The third-order valence-corrected chi connectivity index (χ3v) is 4.33. The van der Waals surface area contributed by atoms with E-state index in [-0.39, 0.29) is 12.1 Å². The Morgan fingerprint density at radius 3 is 2.57 bits per heavy atom. The molecule has 0 radical (unpaired) electrons. The fourth-order valence-corrected chi connectivity index (χ4v) is 2.61. The zero-order valence-corrected chi connectivity index (χ0v) is 12.7. The second-order valence-electron chi connectivity index (χ2n) is 5.61. The summed E-state index contributed by atoms with van der Waals surface area (Å²) in [5, 5.41) is 9.45. The summed E-state index contributed by atoms with van der Waals surface area (Å²) < 4.78 is 0. The summed E-state index contributed by atoms with van der Waals surface area (Å²) in [5.41, 5.74) is 2.04. The minimum Gasteiger partial charge on any atom is -0.480 e. The average Bonchev–Trinajstić information content (AvgIpc) is 2.51. The second-order valence-corrected chi connectivity index (χ2v) is 5.61. The predicted octanol–water partition coefficient (Wildman–Crippen LogP) is 2.35. The number of nitrogens with zero attached hydrogens (tertiary/aromatic N) is 2. The van der Waals surface area contributed by atoms with Crippen molar-refractivity contribution in [3.8, 4) is 0 Å². The summed E-state index contributed by atoms with van der Waals surface area (Å²) in [7, 11) is 1.73. The summed E-state index contributed by atoms with van der Waals surface area (Å²) in [6.45, 7) is 4.33. The molecule has 2 rings (SSSR count). The van der Waals surface area contributed by atoms with E-state index in [2.05, 4.69) is 0 Å². The van der Waals surface area contributed by atoms with Crippen LogP contribution in [0.5, 0.6) is 0 Å². The Bertz CT molecular complexity index is 544. The number of hydrogen-bond donors (Lipinski definition) is 1. The van der Waals surface area contributed by atoms with Gasteiger partial charge >= 0.3 is 12.0 Å². The Morgan fingerprint density at radius 2 is 2.00 bits per heavy atom. The fourth-order valence-electron chi connectivity index (χ4n) is 2.61. The lowest BCUT2D eigenvalue weighted by Crippen LogP contribution is -2.54. The molecule has 1 aromatic rings. The van der Waals surface area contributed by atoms with Crippen LogP contribution in [-0.2, 0) is 17.8 Å². The summed E-state index contributed by atoms with van der Waals surface area (Å²) in [6.07, 6.45) is 1.20. The molecule has 2 amide bonds. The molecule has 0 aromatic heterocycles. The highest BCUT2D eigenvalue weighted by Gasteiger charge is 2.36. The van der Waals surface area contributed by atoms with E-state index < -0.39 is 12.0 Å². The topological polar surface area (TPSA) is 60.9 Å². The lowest BCUT2D eigenvalue weighted by molar-refractivity contribution is -0.142. The number of benzene rings is 1. The van der Waals surface area contributed by atoms with Gasteiger partial charge in [-0.2, -0.15) is 0 Å². The molecule has 0 saturated heterocycles. The number of amides is 2. The molecule has 0 aliphatic carbocycles. The molecule has 1 aliphatic rings. The number of carbonyl (C=O) groups excluding carboxylic acids is 1. The molecule has 1 aliphatic heterocycles. The van der Waals surface area contributed by atoms with Crippen LogP contribution in [0.15, 0.2) is 24.3 Å². The molecule has 5 nitrogen and oxygen atoms in total. The molecule has 0 saturated carbocycles. The maximum Gasteiger partial charge on any atom is 0.326 e. The van der Waals surface area contributed by atoms with Crippen LogP contribution >= 0.6 is 0 Å². The number of carboxylic acids is 1. The predicted molar refractivity (Wildman–Crippen MR) is 80.0 cm³/mol. The molecule has 21 heavy (non-hydrogen) atoms. The van der Waals surface area contributed by atoms with Crippen molar-refractivity contribution in [3.63, 3.8) is 0 Å². The number of fused-ring (bicyclic) bond motifs is 1. The van der Waals surface area contributed by atoms with Gasteiger partial charge in [-0.25, -0.2) is 9.59 Å². The van der Waals surface area contributed by atoms with Gasteiger partial charge in [-0.1, -0.05) is 31.2 Å². The minimum absolute atomic E-state index is 0.0871. The number of hydrogen-bond acceptors (Lipinski definition) is 2. The van der Waals surface area contributed by atoms with Gasteiger partial charge in [0.15, 0.2) is 0 Å². The smallest absolute Gasteiger partial charge is 0.326 e. The monoisotopic (exact) mass is 290 g/mol. The van der Waals surface area contributed by atoms with Crippen LogP contribution in [0.4, 0.5) is 4.79 Å². The Morgan fingerprint density at radius 1 is 1.38 bits per heavy atom. The first-order chi connectivity index (χ1) is 9.95. The second kappa shape index (κ2) is 6.16. The highest BCUT2D eigenvalue weighted by molar-refractivity contribution is 5.83. The van der Waals surface area contributed by atoms with Crippen LogP contribution in [-0.4, -0.2) is 46.0 Å². The van der Waals surface area contributed by atoms with Crippen LogP contribution in [0.25, 0.3) is 0 Å². The zero-order valence-electron chi connectivity index (χ0n) is 12.7. The Kier molecular flexibility index (Phi) is 4.50. The molecule has 1 heterocycles. The number of urea groups is 1. The lowest BCUT2D eigenvalue weighted by atomic mass is 9.94. The third kappa shape index (κ3) is 3.01. The van der Waals surface area contributed by atoms with Crippen LogP contribution in [0.2, 0.25) is 0 Å². The molecule has 2 unspecified atom stereocenters. The Balaban J connectivity index is 2.28. The van der Waals surface area contributed by atoms with Crippen molar-refractivity contribution < 1.29 is 14.7 Å². The van der Waals surface area contributed by atoms with Crippen molar-refractivity contribution in [1.29, 1.82) is 0 Å². The van der Waals surface area contributed by atoms with Gasteiger partial charge in [-0.15, -0.1) is 0 Å². The molecule has 1 N–H and O–H groups in total. The Hall–Kier alpha value is -2.04. The SMILES string of the molecule is CCC(C)N(C)C(=O)N1Cc2ccccc2CC1C(=O)O. The first kappa shape index (κ1) is 15.4. The molecule has 1 aromatic carbocycles. The lowest BCUT2D eigenvalue weighted by Gasteiger charge is -2.38. The van der Waals surface area contributed by atoms with Crippen molar-refractivity contribution in [2.45, 2.75) is 45.3 Å². The minimum atomic E-state index is -0.949. The van der Waals surface area contributed by atoms with Gasteiger partial charge in [0.1, 0.15) is 6.04 Å². The van der Waals surface area contributed by atoms with Gasteiger partial charge < -0.3 is 14.9 Å². The van der Waals surface area contributed by atoms with Gasteiger partial charge in [-0.3, -0.25) is 0 Å². The highest BCUT2D eigenvalue weighted by atomic mass is 16.4. The maximum atomic E-state index is 12.6. The van der Waals surface area contributed by atoms with Gasteiger partial charge in [0.05, 0.1) is 0 Å². The molecular formula is C16H22N2O3. The van der Waals surface area contributed by atoms with Crippen LogP contribution in [0.1, 0.15) is 31.4 Å². The molecule has 0 bridgehead atoms. The molecule has 5 heteroatoms. The van der Waals surface area contributed by atoms with Gasteiger partial charge in [-0.05, 0) is 24.5 Å². The van der Waals surface area contributed by atoms with E-state index in [0.717, 1.165) is 17.5 Å². The van der Waals surface area contributed by atoms with E-state index in [1.54, 1.807) is 11.9 Å². The van der Waals surface area contributed by atoms with Crippen molar-refractivity contribution in [2.24, 2.45) is 0 Å². The number of aliphatic carboxylic acids is 1. The zero-order chi connectivity index (χ0) is 15.6. The number of carboxylic acid groups (broad SMARTS) is 1. The summed E-state index contributed by atoms with van der Waals surface area (Å²) in [6, 6.07) is 6.79. The van der Waals surface area contributed by atoms with Crippen LogP contribution in [0.3, 0.4) is 0 Å². The average molecular weight is 290 g/mol. The van der Waals surface area contributed by atoms with Crippen LogP contribution < -0.4 is 0 Å². The summed E-state index contributed by atoms with van der Waals surface area (Å²) >= 11 is 0. The van der Waals surface area contributed by atoms with Gasteiger partial charge in [0.25, 0.3) is 0 Å². The first-order valence-corrected chi connectivity index (χ1v) is 7.28. The normalized spacial score (nSPS) is 18.8. The molecule has 114 valence electrons. The largest absolute Gasteiger partial charge is 0.480 e. The fraction of sp³-hybridized carbons (Fsp3) is 0.500. The number of carbonyl (C=O) groups is 2. The number of rotatable bonds is 3. The van der Waals surface area contributed by atoms with E-state index in [0.29, 0.717) is 13.0 Å². The maximum absolute atomic E-state index is 12.6. The molecular weight excluding hydrogens is 268 g/mol. The van der Waals surface area contributed by atoms with Crippen molar-refractivity contribution in [1.82, 2.24) is 9.80 Å². The van der Waals surface area contributed by atoms with E-state index in [9.17, 15) is 14.7 Å². The highest BCUT2D eigenvalue weighted by Crippen LogP contribution is 2.25. The summed E-state index contributed by atoms with van der Waals surface area (Å²) in [5.74, 6) is -0.949. The molecule has 0 fully saturated rings. The van der Waals surface area contributed by atoms with Crippen molar-refractivity contribution in [3.05, 3.63) is 35.4 Å². The van der Waals surface area contributed by atoms with Crippen molar-refractivity contribution >= 4 is 12.0 Å². The molecule has 2 atom stereocenters. The molecule has 0 spiro atoms. The quantitative estimate of drug-likeness (QED) is 0.929. The first-order valence-electron chi connectivity index (χ1n) is 7.28. The van der Waals surface area contributed by atoms with Crippen molar-refractivity contribution in [2.75, 3.05) is 7.05 Å². The van der Waals surface area contributed by atoms with Gasteiger partial charge in [0, 0.05) is 26.1 Å².